The molecule has 0 heterocycles. The van der Waals surface area contributed by atoms with E-state index in [1.807, 2.05) is 0 Å². The highest BCUT2D eigenvalue weighted by atomic mass is 35.5. The van der Waals surface area contributed by atoms with Gasteiger partial charge in [0.1, 0.15) is 17.4 Å². The van der Waals surface area contributed by atoms with Crippen LogP contribution in [0.5, 0.6) is 11.5 Å². The van der Waals surface area contributed by atoms with Crippen LogP contribution in [0.2, 0.25) is 10.0 Å². The van der Waals surface area contributed by atoms with Gasteiger partial charge in [0.05, 0.1) is 0 Å². The van der Waals surface area contributed by atoms with E-state index in [0.29, 0.717) is 21.5 Å². The van der Waals surface area contributed by atoms with Crippen LogP contribution in [0.15, 0.2) is 48.5 Å². The molecule has 1 N–H and O–H groups in total. The van der Waals surface area contributed by atoms with Crippen molar-refractivity contribution in [3.63, 3.8) is 0 Å². The van der Waals surface area contributed by atoms with Crippen molar-refractivity contribution >= 4 is 29.2 Å². The number of ether oxygens (including phenoxy) is 2. The van der Waals surface area contributed by atoms with Gasteiger partial charge in [0.15, 0.2) is 0 Å². The molecule has 0 bridgehead atoms. The number of carboxylic acid groups (broad SMARTS) is 1. The second kappa shape index (κ2) is 7.38. The summed E-state index contributed by atoms with van der Waals surface area (Å²) in [6, 6.07) is 13.2. The molecule has 1 atom stereocenters. The summed E-state index contributed by atoms with van der Waals surface area (Å²) in [5.74, 6) is -0.952. The van der Waals surface area contributed by atoms with Gasteiger partial charge in [-0.15, -0.1) is 0 Å². The smallest absolute Gasteiger partial charge is 0.313 e. The summed E-state index contributed by atoms with van der Waals surface area (Å²) in [5, 5.41) is 10.3. The summed E-state index contributed by atoms with van der Waals surface area (Å²) >= 11 is 11.6. The molecule has 2 rings (SSSR count). The molecule has 0 saturated carbocycles. The van der Waals surface area contributed by atoms with Crippen molar-refractivity contribution in [2.75, 3.05) is 0 Å². The Morgan fingerprint density at radius 3 is 1.59 bits per heavy atom. The number of aliphatic carboxylic acids is 1. The number of carboxylic acids is 1. The number of rotatable bonds is 6. The number of benzene rings is 2. The Labute approximate surface area is 138 Å². The van der Waals surface area contributed by atoms with E-state index in [9.17, 15) is 9.90 Å². The van der Waals surface area contributed by atoms with Crippen molar-refractivity contribution in [1.82, 2.24) is 0 Å². The molecule has 2 aromatic rings. The zero-order chi connectivity index (χ0) is 16.1. The first kappa shape index (κ1) is 16.5. The minimum absolute atomic E-state index is 0.469. The fraction of sp³-hybridized carbons (Fsp3) is 0.188. The standard InChI is InChI=1S/C16H14Cl2O4/c1-10(15(19)20)16(21-13-6-2-11(17)3-7-13)22-14-8-4-12(18)5-9-14/h2-10,16H,1H3,(H,19,20). The lowest BCUT2D eigenvalue weighted by molar-refractivity contribution is -0.151. The van der Waals surface area contributed by atoms with Gasteiger partial charge >= 0.3 is 5.97 Å². The van der Waals surface area contributed by atoms with Gasteiger partial charge in [-0.2, -0.15) is 0 Å². The van der Waals surface area contributed by atoms with Crippen molar-refractivity contribution in [3.05, 3.63) is 58.6 Å². The SMILES string of the molecule is CC(C(=O)O)C(Oc1ccc(Cl)cc1)Oc1ccc(Cl)cc1. The van der Waals surface area contributed by atoms with Crippen molar-refractivity contribution in [2.24, 2.45) is 5.92 Å². The molecule has 0 aliphatic carbocycles. The number of halogens is 2. The Hall–Kier alpha value is -1.91. The Bertz CT molecular complexity index is 578. The molecule has 0 aliphatic heterocycles. The molecule has 0 aliphatic rings. The second-order valence-corrected chi connectivity index (χ2v) is 5.51. The van der Waals surface area contributed by atoms with Crippen LogP contribution in [0.25, 0.3) is 0 Å². The van der Waals surface area contributed by atoms with Crippen molar-refractivity contribution in [1.29, 1.82) is 0 Å². The average molecular weight is 341 g/mol. The Morgan fingerprint density at radius 1 is 0.909 bits per heavy atom. The zero-order valence-electron chi connectivity index (χ0n) is 11.7. The third-order valence-electron chi connectivity index (χ3n) is 2.93. The van der Waals surface area contributed by atoms with Crippen LogP contribution in [-0.4, -0.2) is 17.4 Å². The Balaban J connectivity index is 2.16. The average Bonchev–Trinajstić information content (AvgIpc) is 2.50. The van der Waals surface area contributed by atoms with Crippen LogP contribution >= 0.6 is 23.2 Å². The van der Waals surface area contributed by atoms with Gasteiger partial charge in [0.2, 0.25) is 0 Å². The lowest BCUT2D eigenvalue weighted by Gasteiger charge is -2.23. The molecule has 4 nitrogen and oxygen atoms in total. The van der Waals surface area contributed by atoms with E-state index in [0.717, 1.165) is 0 Å². The summed E-state index contributed by atoms with van der Waals surface area (Å²) in [6.45, 7) is 1.51. The largest absolute Gasteiger partial charge is 0.481 e. The Morgan fingerprint density at radius 2 is 1.27 bits per heavy atom. The van der Waals surface area contributed by atoms with Gasteiger partial charge in [-0.3, -0.25) is 4.79 Å². The predicted molar refractivity (Wildman–Crippen MR) is 84.7 cm³/mol. The topological polar surface area (TPSA) is 55.8 Å². The van der Waals surface area contributed by atoms with E-state index in [-0.39, 0.29) is 0 Å². The molecule has 2 aromatic carbocycles. The molecular formula is C16H14Cl2O4. The third-order valence-corrected chi connectivity index (χ3v) is 3.43. The molecule has 6 heteroatoms. The van der Waals surface area contributed by atoms with Gasteiger partial charge in [0.25, 0.3) is 6.29 Å². The molecule has 0 amide bonds. The maximum Gasteiger partial charge on any atom is 0.313 e. The van der Waals surface area contributed by atoms with E-state index in [1.165, 1.54) is 6.92 Å². The second-order valence-electron chi connectivity index (χ2n) is 4.64. The zero-order valence-corrected chi connectivity index (χ0v) is 13.2. The Kier molecular flexibility index (Phi) is 5.52. The molecule has 116 valence electrons. The minimum atomic E-state index is -1.02. The van der Waals surface area contributed by atoms with E-state index < -0.39 is 18.2 Å². The highest BCUT2D eigenvalue weighted by Gasteiger charge is 2.27. The maximum atomic E-state index is 11.2. The summed E-state index contributed by atoms with van der Waals surface area (Å²) < 4.78 is 11.3. The fourth-order valence-corrected chi connectivity index (χ4v) is 1.89. The van der Waals surface area contributed by atoms with Crippen molar-refractivity contribution in [3.8, 4) is 11.5 Å². The van der Waals surface area contributed by atoms with Crippen molar-refractivity contribution in [2.45, 2.75) is 13.2 Å². The quantitative estimate of drug-likeness (QED) is 0.786. The van der Waals surface area contributed by atoms with Crippen LogP contribution < -0.4 is 9.47 Å². The van der Waals surface area contributed by atoms with Gasteiger partial charge in [-0.25, -0.2) is 0 Å². The summed E-state index contributed by atoms with van der Waals surface area (Å²) in [4.78, 5) is 11.2. The summed E-state index contributed by atoms with van der Waals surface area (Å²) in [7, 11) is 0. The molecular weight excluding hydrogens is 327 g/mol. The molecule has 1 unspecified atom stereocenters. The van der Waals surface area contributed by atoms with E-state index in [2.05, 4.69) is 0 Å². The van der Waals surface area contributed by atoms with Gasteiger partial charge < -0.3 is 14.6 Å². The number of carbonyl (C=O) groups is 1. The molecule has 0 radical (unpaired) electrons. The molecule has 0 aromatic heterocycles. The number of hydrogen-bond acceptors (Lipinski definition) is 3. The monoisotopic (exact) mass is 340 g/mol. The van der Waals surface area contributed by atoms with Crippen LogP contribution in [0.4, 0.5) is 0 Å². The third kappa shape index (κ3) is 4.55. The summed E-state index contributed by atoms with van der Waals surface area (Å²) in [5.41, 5.74) is 0. The van der Waals surface area contributed by atoms with Crippen LogP contribution in [0.1, 0.15) is 6.92 Å². The molecule has 22 heavy (non-hydrogen) atoms. The highest BCUT2D eigenvalue weighted by Crippen LogP contribution is 2.23. The predicted octanol–water partition coefficient (Wildman–Crippen LogP) is 4.50. The maximum absolute atomic E-state index is 11.2. The first-order valence-corrected chi connectivity index (χ1v) is 7.28. The van der Waals surface area contributed by atoms with E-state index in [1.54, 1.807) is 48.5 Å². The van der Waals surface area contributed by atoms with Crippen LogP contribution in [-0.2, 0) is 4.79 Å². The van der Waals surface area contributed by atoms with Gasteiger partial charge in [-0.05, 0) is 55.5 Å². The van der Waals surface area contributed by atoms with Gasteiger partial charge in [0, 0.05) is 10.0 Å². The fourth-order valence-electron chi connectivity index (χ4n) is 1.64. The normalized spacial score (nSPS) is 12.0. The lowest BCUT2D eigenvalue weighted by Crippen LogP contribution is -2.35. The van der Waals surface area contributed by atoms with Crippen LogP contribution in [0, 0.1) is 5.92 Å². The lowest BCUT2D eigenvalue weighted by atomic mass is 10.2. The molecule has 0 saturated heterocycles. The van der Waals surface area contributed by atoms with Crippen molar-refractivity contribution < 1.29 is 19.4 Å². The van der Waals surface area contributed by atoms with Gasteiger partial charge in [-0.1, -0.05) is 23.2 Å². The summed E-state index contributed by atoms with van der Waals surface area (Å²) in [6.07, 6.45) is -0.986. The van der Waals surface area contributed by atoms with E-state index >= 15 is 0 Å². The molecule has 0 fully saturated rings. The van der Waals surface area contributed by atoms with Crippen LogP contribution in [0.3, 0.4) is 0 Å². The first-order valence-electron chi connectivity index (χ1n) is 6.53. The number of hydrogen-bond donors (Lipinski definition) is 1. The minimum Gasteiger partial charge on any atom is -0.481 e. The highest BCUT2D eigenvalue weighted by molar-refractivity contribution is 6.30. The van der Waals surface area contributed by atoms with E-state index in [4.69, 9.17) is 32.7 Å². The first-order chi connectivity index (χ1) is 10.5. The molecule has 0 spiro atoms.